The Kier molecular flexibility index (Phi) is 19.2. The number of aliphatic hydroxyl groups is 1. The van der Waals surface area contributed by atoms with E-state index >= 15 is 0 Å². The Hall–Kier alpha value is -5.05. The largest absolute Gasteiger partial charge is 0.481 e. The van der Waals surface area contributed by atoms with Crippen LogP contribution in [0, 0.1) is 5.92 Å². The van der Waals surface area contributed by atoms with E-state index in [1.807, 2.05) is 0 Å². The molecule has 0 saturated carbocycles. The monoisotopic (exact) mass is 660 g/mol. The number of carboxylic acid groups (broad SMARTS) is 2. The molecule has 0 aliphatic rings. The highest BCUT2D eigenvalue weighted by molar-refractivity contribution is 5.96. The molecule has 15 N–H and O–H groups in total. The van der Waals surface area contributed by atoms with Crippen molar-refractivity contribution in [3.05, 3.63) is 0 Å². The van der Waals surface area contributed by atoms with Crippen molar-refractivity contribution in [1.29, 1.82) is 0 Å². The molecule has 0 aliphatic heterocycles. The summed E-state index contributed by atoms with van der Waals surface area (Å²) in [7, 11) is 0. The Morgan fingerprint density at radius 3 is 1.80 bits per heavy atom. The van der Waals surface area contributed by atoms with E-state index in [0.717, 1.165) is 0 Å². The predicted octanol–water partition coefficient (Wildman–Crippen LogP) is -6.23. The number of nitrogens with two attached hydrogens (primary N) is 3. The Morgan fingerprint density at radius 2 is 1.28 bits per heavy atom. The third kappa shape index (κ3) is 17.9. The number of aliphatic carboxylic acids is 2. The molecule has 0 heterocycles. The van der Waals surface area contributed by atoms with Gasteiger partial charge in [0.1, 0.15) is 24.2 Å². The van der Waals surface area contributed by atoms with Gasteiger partial charge in [0.05, 0.1) is 32.7 Å². The molecule has 6 amide bonds. The van der Waals surface area contributed by atoms with Gasteiger partial charge in [0.25, 0.3) is 0 Å². The highest BCUT2D eigenvalue weighted by atomic mass is 16.4. The molecule has 0 aromatic heterocycles. The molecule has 0 rings (SSSR count). The summed E-state index contributed by atoms with van der Waals surface area (Å²) in [5, 5.41) is 41.1. The SMILES string of the molecule is CC(C)C[C@H](NC(=O)[C@H](CCCN=C(N)N)NC(=O)[C@H](CC(=O)O)NC(=O)CNC(=O)CNC(=O)[C@H](CO)NC(=O)CN)C(=O)O. The number of nitrogens with one attached hydrogen (secondary N) is 6. The zero-order valence-corrected chi connectivity index (χ0v) is 25.5. The van der Waals surface area contributed by atoms with Crippen molar-refractivity contribution < 1.29 is 53.7 Å². The Balaban J connectivity index is 5.43. The van der Waals surface area contributed by atoms with Crippen molar-refractivity contribution in [2.45, 2.75) is 63.7 Å². The lowest BCUT2D eigenvalue weighted by molar-refractivity contribution is -0.143. The first kappa shape index (κ1) is 40.9. The summed E-state index contributed by atoms with van der Waals surface area (Å²) in [5.41, 5.74) is 15.7. The zero-order chi connectivity index (χ0) is 35.4. The fraction of sp³-hybridized carbons (Fsp3) is 0.640. The maximum atomic E-state index is 13.0. The number of carbonyl (C=O) groups excluding carboxylic acids is 6. The van der Waals surface area contributed by atoms with Gasteiger partial charge >= 0.3 is 11.9 Å². The number of rotatable bonds is 22. The van der Waals surface area contributed by atoms with Gasteiger partial charge in [-0.25, -0.2) is 4.79 Å². The summed E-state index contributed by atoms with van der Waals surface area (Å²) >= 11 is 0. The number of carbonyl (C=O) groups is 8. The van der Waals surface area contributed by atoms with Gasteiger partial charge in [-0.1, -0.05) is 13.8 Å². The van der Waals surface area contributed by atoms with Crippen LogP contribution in [0.25, 0.3) is 0 Å². The summed E-state index contributed by atoms with van der Waals surface area (Å²) in [6.07, 6.45) is -0.790. The molecular formula is C25H44N10O11. The predicted molar refractivity (Wildman–Crippen MR) is 159 cm³/mol. The van der Waals surface area contributed by atoms with Gasteiger partial charge in [-0.05, 0) is 25.2 Å². The maximum absolute atomic E-state index is 13.0. The van der Waals surface area contributed by atoms with E-state index < -0.39 is 104 Å². The summed E-state index contributed by atoms with van der Waals surface area (Å²) in [6.45, 7) is 0.865. The summed E-state index contributed by atoms with van der Waals surface area (Å²) in [4.78, 5) is 101. The van der Waals surface area contributed by atoms with Crippen LogP contribution in [-0.2, 0) is 38.4 Å². The number of guanidine groups is 1. The van der Waals surface area contributed by atoms with Crippen molar-refractivity contribution in [2.75, 3.05) is 32.8 Å². The van der Waals surface area contributed by atoms with Gasteiger partial charge in [0, 0.05) is 6.54 Å². The fourth-order valence-electron chi connectivity index (χ4n) is 3.62. The van der Waals surface area contributed by atoms with Crippen LogP contribution in [0.2, 0.25) is 0 Å². The quantitative estimate of drug-likeness (QED) is 0.0292. The highest BCUT2D eigenvalue weighted by Gasteiger charge is 2.31. The number of nitrogens with zero attached hydrogens (tertiary/aromatic N) is 1. The van der Waals surface area contributed by atoms with Crippen molar-refractivity contribution in [2.24, 2.45) is 28.1 Å². The second-order valence-corrected chi connectivity index (χ2v) is 10.3. The van der Waals surface area contributed by atoms with Crippen molar-refractivity contribution in [1.82, 2.24) is 31.9 Å². The topological polar surface area (TPSA) is 360 Å². The lowest BCUT2D eigenvalue weighted by Gasteiger charge is -2.24. The van der Waals surface area contributed by atoms with Crippen LogP contribution in [0.15, 0.2) is 4.99 Å². The molecule has 21 heteroatoms. The first-order chi connectivity index (χ1) is 21.5. The van der Waals surface area contributed by atoms with Crippen LogP contribution in [-0.4, -0.2) is 126 Å². The molecule has 0 unspecified atom stereocenters. The summed E-state index contributed by atoms with van der Waals surface area (Å²) in [6, 6.07) is -5.77. The highest BCUT2D eigenvalue weighted by Crippen LogP contribution is 2.07. The molecule has 0 spiro atoms. The molecule has 260 valence electrons. The second kappa shape index (κ2) is 21.6. The third-order valence-corrected chi connectivity index (χ3v) is 5.82. The zero-order valence-electron chi connectivity index (χ0n) is 25.5. The van der Waals surface area contributed by atoms with Crippen LogP contribution < -0.4 is 49.1 Å². The van der Waals surface area contributed by atoms with Gasteiger partial charge in [0.2, 0.25) is 35.4 Å². The molecule has 0 aliphatic carbocycles. The average molecular weight is 661 g/mol. The lowest BCUT2D eigenvalue weighted by Crippen LogP contribution is -2.57. The second-order valence-electron chi connectivity index (χ2n) is 10.3. The summed E-state index contributed by atoms with van der Waals surface area (Å²) in [5.74, 6) is -8.67. The standard InChI is InChI=1S/C25H44N10O11/c1-12(2)6-15(24(45)46)35-22(43)13(4-3-5-29-25(27)28)34-23(44)14(7-20(40)41)32-19(39)10-30-18(38)9-31-21(42)16(11-36)33-17(37)8-26/h12-16,36H,3-11,26H2,1-2H3,(H,30,38)(H,31,42)(H,32,39)(H,33,37)(H,34,44)(H,35,43)(H,40,41)(H,45,46)(H4,27,28,29)/t13-,14-,15-,16-/m0/s1. The third-order valence-electron chi connectivity index (χ3n) is 5.82. The minimum Gasteiger partial charge on any atom is -0.481 e. The van der Waals surface area contributed by atoms with Gasteiger partial charge in [0.15, 0.2) is 5.96 Å². The number of aliphatic hydroxyl groups excluding tert-OH is 1. The van der Waals surface area contributed by atoms with Crippen molar-refractivity contribution in [3.63, 3.8) is 0 Å². The van der Waals surface area contributed by atoms with Crippen LogP contribution in [0.3, 0.4) is 0 Å². The molecule has 21 nitrogen and oxygen atoms in total. The number of amides is 6. The average Bonchev–Trinajstić information content (AvgIpc) is 2.97. The molecule has 0 fully saturated rings. The Labute approximate surface area is 263 Å². The Bertz CT molecular complexity index is 1130. The van der Waals surface area contributed by atoms with E-state index in [1.165, 1.54) is 0 Å². The maximum Gasteiger partial charge on any atom is 0.326 e. The summed E-state index contributed by atoms with van der Waals surface area (Å²) < 4.78 is 0. The molecule has 46 heavy (non-hydrogen) atoms. The number of carboxylic acids is 2. The van der Waals surface area contributed by atoms with Crippen LogP contribution >= 0.6 is 0 Å². The van der Waals surface area contributed by atoms with E-state index in [9.17, 15) is 53.7 Å². The minimum atomic E-state index is -1.72. The van der Waals surface area contributed by atoms with Crippen LogP contribution in [0.4, 0.5) is 0 Å². The Morgan fingerprint density at radius 1 is 0.717 bits per heavy atom. The molecule has 0 saturated heterocycles. The number of hydrogen-bond acceptors (Lipinski definition) is 11. The molecule has 0 aromatic rings. The molecular weight excluding hydrogens is 616 g/mol. The molecule has 0 radical (unpaired) electrons. The lowest BCUT2D eigenvalue weighted by atomic mass is 10.0. The van der Waals surface area contributed by atoms with Gasteiger partial charge in [-0.15, -0.1) is 0 Å². The van der Waals surface area contributed by atoms with Crippen molar-refractivity contribution in [3.8, 4) is 0 Å². The first-order valence-electron chi connectivity index (χ1n) is 14.0. The van der Waals surface area contributed by atoms with E-state index in [0.29, 0.717) is 0 Å². The van der Waals surface area contributed by atoms with Gasteiger partial charge < -0.3 is 64.4 Å². The van der Waals surface area contributed by atoms with Gasteiger partial charge in [-0.3, -0.25) is 38.6 Å². The van der Waals surface area contributed by atoms with Gasteiger partial charge in [-0.2, -0.15) is 0 Å². The minimum absolute atomic E-state index is 0.0504. The van der Waals surface area contributed by atoms with E-state index in [-0.39, 0.29) is 37.7 Å². The first-order valence-corrected chi connectivity index (χ1v) is 14.0. The molecule has 0 aromatic carbocycles. The van der Waals surface area contributed by atoms with E-state index in [4.69, 9.17) is 17.2 Å². The van der Waals surface area contributed by atoms with Crippen molar-refractivity contribution >= 4 is 53.3 Å². The molecule has 4 atom stereocenters. The van der Waals surface area contributed by atoms with E-state index in [2.05, 4.69) is 36.9 Å². The van der Waals surface area contributed by atoms with Crippen LogP contribution in [0.5, 0.6) is 0 Å². The number of aliphatic imine (C=N–C) groups is 1. The van der Waals surface area contributed by atoms with E-state index in [1.54, 1.807) is 13.8 Å². The molecule has 0 bridgehead atoms. The fourth-order valence-corrected chi connectivity index (χ4v) is 3.62. The normalized spacial score (nSPS) is 13.2. The van der Waals surface area contributed by atoms with Crippen LogP contribution in [0.1, 0.15) is 39.5 Å². The number of hydrogen-bond donors (Lipinski definition) is 12. The smallest absolute Gasteiger partial charge is 0.326 e.